The van der Waals surface area contributed by atoms with Crippen LogP contribution in [0.5, 0.6) is 0 Å². The van der Waals surface area contributed by atoms with E-state index in [0.29, 0.717) is 23.5 Å². The highest BCUT2D eigenvalue weighted by molar-refractivity contribution is 6.05. The minimum atomic E-state index is -0.178. The number of fused-ring (bicyclic) bond motifs is 1. The second-order valence-electron chi connectivity index (χ2n) is 6.71. The van der Waals surface area contributed by atoms with E-state index in [1.54, 1.807) is 12.1 Å². The Bertz CT molecular complexity index is 1130. The molecule has 4 aromatic rings. The van der Waals surface area contributed by atoms with Gasteiger partial charge in [0.15, 0.2) is 0 Å². The highest BCUT2D eigenvalue weighted by Gasteiger charge is 2.10. The molecule has 28 heavy (non-hydrogen) atoms. The number of hydrogen-bond acceptors (Lipinski definition) is 3. The molecule has 0 aliphatic heterocycles. The summed E-state index contributed by atoms with van der Waals surface area (Å²) in [5.41, 5.74) is 11.0. The Morgan fingerprint density at radius 3 is 2.46 bits per heavy atom. The van der Waals surface area contributed by atoms with Crippen molar-refractivity contribution in [3.8, 4) is 0 Å². The first kappa shape index (κ1) is 17.8. The summed E-state index contributed by atoms with van der Waals surface area (Å²) in [7, 11) is 0. The van der Waals surface area contributed by atoms with Crippen LogP contribution in [0.1, 0.15) is 28.5 Å². The number of aryl methyl sites for hydroxylation is 1. The van der Waals surface area contributed by atoms with Crippen molar-refractivity contribution in [2.75, 3.05) is 11.1 Å². The fourth-order valence-corrected chi connectivity index (χ4v) is 3.32. The molecule has 1 amide bonds. The third kappa shape index (κ3) is 3.47. The molecule has 0 atom stereocenters. The normalized spacial score (nSPS) is 10.9. The Balaban J connectivity index is 1.53. The highest BCUT2D eigenvalue weighted by Crippen LogP contribution is 2.21. The standard InChI is InChI=1S/C23H22N4O/c1-2-20-18-7-3-6-10-22(18)27(26-20)15-16-11-13-17(14-12-16)23(28)25-21-9-5-4-8-19(21)24/h3-14H,2,15,24H2,1H3,(H,25,28). The molecule has 5 heteroatoms. The number of aromatic nitrogens is 2. The van der Waals surface area contributed by atoms with Crippen molar-refractivity contribution in [3.05, 3.63) is 89.6 Å². The molecular weight excluding hydrogens is 348 g/mol. The first-order chi connectivity index (χ1) is 13.7. The van der Waals surface area contributed by atoms with E-state index >= 15 is 0 Å². The number of nitrogens with two attached hydrogens (primary N) is 1. The van der Waals surface area contributed by atoms with Gasteiger partial charge in [-0.1, -0.05) is 49.4 Å². The number of para-hydroxylation sites is 3. The molecule has 140 valence electrons. The second kappa shape index (κ2) is 7.56. The van der Waals surface area contributed by atoms with Gasteiger partial charge >= 0.3 is 0 Å². The van der Waals surface area contributed by atoms with Crippen LogP contribution in [0.2, 0.25) is 0 Å². The lowest BCUT2D eigenvalue weighted by atomic mass is 10.1. The van der Waals surface area contributed by atoms with Crippen LogP contribution >= 0.6 is 0 Å². The Morgan fingerprint density at radius 1 is 1.00 bits per heavy atom. The van der Waals surface area contributed by atoms with Gasteiger partial charge in [0.25, 0.3) is 5.91 Å². The third-order valence-corrected chi connectivity index (χ3v) is 4.83. The number of nitrogens with one attached hydrogen (secondary N) is 1. The van der Waals surface area contributed by atoms with E-state index in [-0.39, 0.29) is 5.91 Å². The molecule has 0 unspecified atom stereocenters. The number of anilines is 2. The Morgan fingerprint density at radius 2 is 1.71 bits per heavy atom. The molecule has 5 nitrogen and oxygen atoms in total. The topological polar surface area (TPSA) is 72.9 Å². The van der Waals surface area contributed by atoms with Crippen molar-refractivity contribution in [3.63, 3.8) is 0 Å². The van der Waals surface area contributed by atoms with Gasteiger partial charge in [0.05, 0.1) is 29.1 Å². The molecule has 0 spiro atoms. The van der Waals surface area contributed by atoms with Crippen LogP contribution in [0.4, 0.5) is 11.4 Å². The predicted octanol–water partition coefficient (Wildman–Crippen LogP) is 4.48. The zero-order valence-corrected chi connectivity index (χ0v) is 15.7. The van der Waals surface area contributed by atoms with E-state index in [4.69, 9.17) is 10.8 Å². The zero-order chi connectivity index (χ0) is 19.5. The quantitative estimate of drug-likeness (QED) is 0.509. The van der Waals surface area contributed by atoms with Gasteiger partial charge in [-0.15, -0.1) is 0 Å². The van der Waals surface area contributed by atoms with E-state index in [9.17, 15) is 4.79 Å². The molecule has 3 aromatic carbocycles. The molecule has 0 saturated carbocycles. The fourth-order valence-electron chi connectivity index (χ4n) is 3.32. The van der Waals surface area contributed by atoms with E-state index in [2.05, 4.69) is 24.4 Å². The van der Waals surface area contributed by atoms with Crippen molar-refractivity contribution in [2.45, 2.75) is 19.9 Å². The lowest BCUT2D eigenvalue weighted by Gasteiger charge is -2.09. The summed E-state index contributed by atoms with van der Waals surface area (Å²) in [6.07, 6.45) is 0.898. The fraction of sp³-hybridized carbons (Fsp3) is 0.130. The van der Waals surface area contributed by atoms with E-state index < -0.39 is 0 Å². The van der Waals surface area contributed by atoms with Crippen molar-refractivity contribution < 1.29 is 4.79 Å². The summed E-state index contributed by atoms with van der Waals surface area (Å²) in [5, 5.41) is 8.79. The van der Waals surface area contributed by atoms with Gasteiger partial charge in [-0.05, 0) is 42.3 Å². The molecule has 0 aliphatic rings. The second-order valence-corrected chi connectivity index (χ2v) is 6.71. The molecular formula is C23H22N4O. The summed E-state index contributed by atoms with van der Waals surface area (Å²) in [6, 6.07) is 23.1. The van der Waals surface area contributed by atoms with Gasteiger partial charge in [-0.2, -0.15) is 5.10 Å². The number of rotatable bonds is 5. The van der Waals surface area contributed by atoms with Gasteiger partial charge < -0.3 is 11.1 Å². The molecule has 0 bridgehead atoms. The van der Waals surface area contributed by atoms with Crippen LogP contribution in [0, 0.1) is 0 Å². The predicted molar refractivity (Wildman–Crippen MR) is 113 cm³/mol. The van der Waals surface area contributed by atoms with Crippen LogP contribution in [0.25, 0.3) is 10.9 Å². The van der Waals surface area contributed by atoms with Crippen LogP contribution < -0.4 is 11.1 Å². The van der Waals surface area contributed by atoms with Crippen LogP contribution in [-0.2, 0) is 13.0 Å². The first-order valence-corrected chi connectivity index (χ1v) is 9.35. The molecule has 1 aromatic heterocycles. The molecule has 0 fully saturated rings. The lowest BCUT2D eigenvalue weighted by molar-refractivity contribution is 0.102. The van der Waals surface area contributed by atoms with Gasteiger partial charge in [0.1, 0.15) is 0 Å². The average Bonchev–Trinajstić information content (AvgIpc) is 3.08. The molecule has 3 N–H and O–H groups in total. The maximum absolute atomic E-state index is 12.5. The van der Waals surface area contributed by atoms with Crippen molar-refractivity contribution in [1.29, 1.82) is 0 Å². The van der Waals surface area contributed by atoms with E-state index in [1.165, 1.54) is 5.39 Å². The van der Waals surface area contributed by atoms with Crippen molar-refractivity contribution in [1.82, 2.24) is 9.78 Å². The van der Waals surface area contributed by atoms with Gasteiger partial charge in [-0.25, -0.2) is 0 Å². The molecule has 0 saturated heterocycles. The van der Waals surface area contributed by atoms with Gasteiger partial charge in [0, 0.05) is 10.9 Å². The minimum absolute atomic E-state index is 0.178. The molecule has 0 aliphatic carbocycles. The van der Waals surface area contributed by atoms with E-state index in [1.807, 2.05) is 53.2 Å². The minimum Gasteiger partial charge on any atom is -0.397 e. The largest absolute Gasteiger partial charge is 0.397 e. The number of benzene rings is 3. The SMILES string of the molecule is CCc1nn(Cc2ccc(C(=O)Nc3ccccc3N)cc2)c2ccccc12. The third-order valence-electron chi connectivity index (χ3n) is 4.83. The summed E-state index contributed by atoms with van der Waals surface area (Å²) in [4.78, 5) is 12.5. The number of hydrogen-bond donors (Lipinski definition) is 2. The van der Waals surface area contributed by atoms with Crippen LogP contribution in [0.3, 0.4) is 0 Å². The Labute approximate surface area is 163 Å². The van der Waals surface area contributed by atoms with Crippen molar-refractivity contribution >= 4 is 28.2 Å². The maximum Gasteiger partial charge on any atom is 0.255 e. The summed E-state index contributed by atoms with van der Waals surface area (Å²) < 4.78 is 2.02. The monoisotopic (exact) mass is 370 g/mol. The number of nitrogen functional groups attached to an aromatic ring is 1. The number of carbonyl (C=O) groups excluding carboxylic acids is 1. The maximum atomic E-state index is 12.5. The number of amides is 1. The summed E-state index contributed by atoms with van der Waals surface area (Å²) in [6.45, 7) is 2.78. The van der Waals surface area contributed by atoms with Crippen LogP contribution in [-0.4, -0.2) is 15.7 Å². The summed E-state index contributed by atoms with van der Waals surface area (Å²) in [5.74, 6) is -0.178. The number of carbonyl (C=O) groups is 1. The van der Waals surface area contributed by atoms with Gasteiger partial charge in [0.2, 0.25) is 0 Å². The molecule has 4 rings (SSSR count). The summed E-state index contributed by atoms with van der Waals surface area (Å²) >= 11 is 0. The highest BCUT2D eigenvalue weighted by atomic mass is 16.1. The molecule has 1 heterocycles. The number of nitrogens with zero attached hydrogens (tertiary/aromatic N) is 2. The van der Waals surface area contributed by atoms with Crippen LogP contribution in [0.15, 0.2) is 72.8 Å². The smallest absolute Gasteiger partial charge is 0.255 e. The average molecular weight is 370 g/mol. The zero-order valence-electron chi connectivity index (χ0n) is 15.7. The Hall–Kier alpha value is -3.60. The lowest BCUT2D eigenvalue weighted by Crippen LogP contribution is -2.13. The first-order valence-electron chi connectivity index (χ1n) is 9.35. The molecule has 0 radical (unpaired) electrons. The van der Waals surface area contributed by atoms with E-state index in [0.717, 1.165) is 23.2 Å². The Kier molecular flexibility index (Phi) is 4.81. The van der Waals surface area contributed by atoms with Crippen molar-refractivity contribution in [2.24, 2.45) is 0 Å². The van der Waals surface area contributed by atoms with Gasteiger partial charge in [-0.3, -0.25) is 9.48 Å².